The van der Waals surface area contributed by atoms with Crippen LogP contribution in [0.1, 0.15) is 39.3 Å². The second-order valence-electron chi connectivity index (χ2n) is 8.05. The molecule has 1 aliphatic rings. The Hall–Kier alpha value is -2.85. The van der Waals surface area contributed by atoms with Crippen LogP contribution in [-0.4, -0.2) is 68.6 Å². The van der Waals surface area contributed by atoms with E-state index in [0.29, 0.717) is 43.4 Å². The Labute approximate surface area is 182 Å². The monoisotopic (exact) mass is 425 g/mol. The summed E-state index contributed by atoms with van der Waals surface area (Å²) in [6.07, 6.45) is 3.23. The molecule has 10 nitrogen and oxygen atoms in total. The van der Waals surface area contributed by atoms with Crippen LogP contribution in [-0.2, 0) is 11.3 Å². The third-order valence-corrected chi connectivity index (χ3v) is 5.28. The molecule has 0 saturated carbocycles. The van der Waals surface area contributed by atoms with Crippen molar-refractivity contribution in [2.24, 2.45) is 0 Å². The summed E-state index contributed by atoms with van der Waals surface area (Å²) < 4.78 is 7.54. The molecule has 0 bridgehead atoms. The fraction of sp³-hybridized carbons (Fsp3) is 0.571. The highest BCUT2D eigenvalue weighted by Crippen LogP contribution is 2.31. The summed E-state index contributed by atoms with van der Waals surface area (Å²) in [5.74, 6) is 2.31. The van der Waals surface area contributed by atoms with Crippen LogP contribution in [0.25, 0.3) is 11.0 Å². The predicted molar refractivity (Wildman–Crippen MR) is 121 cm³/mol. The van der Waals surface area contributed by atoms with E-state index in [4.69, 9.17) is 19.8 Å². The van der Waals surface area contributed by atoms with Crippen LogP contribution in [0.5, 0.6) is 0 Å². The maximum Gasteiger partial charge on any atom is 0.228 e. The first-order valence-corrected chi connectivity index (χ1v) is 10.9. The van der Waals surface area contributed by atoms with E-state index in [0.717, 1.165) is 36.4 Å². The Morgan fingerprint density at radius 2 is 2.19 bits per heavy atom. The molecule has 0 unspecified atom stereocenters. The molecular formula is C21H31N9O. The van der Waals surface area contributed by atoms with Crippen LogP contribution in [0.4, 0.5) is 17.6 Å². The Kier molecular flexibility index (Phi) is 6.57. The van der Waals surface area contributed by atoms with E-state index in [1.165, 1.54) is 6.33 Å². The molecule has 3 aromatic rings. The summed E-state index contributed by atoms with van der Waals surface area (Å²) in [4.78, 5) is 20.5. The molecule has 0 amide bonds. The van der Waals surface area contributed by atoms with Gasteiger partial charge in [0.2, 0.25) is 5.95 Å². The van der Waals surface area contributed by atoms with Crippen LogP contribution in [0.15, 0.2) is 18.6 Å². The SMILES string of the molecule is CCOCCn1nc(C(C)C)c2nc(N3CCN[C@H](C)C3)nc(Nc3ccncn3)c21. The minimum atomic E-state index is 0.229. The van der Waals surface area contributed by atoms with E-state index < -0.39 is 0 Å². The number of rotatable bonds is 8. The molecule has 0 aromatic carbocycles. The summed E-state index contributed by atoms with van der Waals surface area (Å²) in [5, 5.41) is 11.7. The van der Waals surface area contributed by atoms with Gasteiger partial charge in [0.1, 0.15) is 23.2 Å². The fourth-order valence-corrected chi connectivity index (χ4v) is 3.77. The summed E-state index contributed by atoms with van der Waals surface area (Å²) in [6.45, 7) is 12.9. The quantitative estimate of drug-likeness (QED) is 0.526. The van der Waals surface area contributed by atoms with Crippen molar-refractivity contribution < 1.29 is 4.74 Å². The molecule has 1 fully saturated rings. The zero-order chi connectivity index (χ0) is 21.8. The van der Waals surface area contributed by atoms with Gasteiger partial charge in [0, 0.05) is 38.5 Å². The number of piperazine rings is 1. The van der Waals surface area contributed by atoms with Crippen LogP contribution in [0, 0.1) is 0 Å². The second-order valence-corrected chi connectivity index (χ2v) is 8.05. The molecule has 4 rings (SSSR count). The van der Waals surface area contributed by atoms with Crippen LogP contribution in [0.2, 0.25) is 0 Å². The van der Waals surface area contributed by atoms with E-state index in [1.807, 2.05) is 17.7 Å². The summed E-state index contributed by atoms with van der Waals surface area (Å²) in [6, 6.07) is 2.20. The lowest BCUT2D eigenvalue weighted by atomic mass is 10.1. The zero-order valence-electron chi connectivity index (χ0n) is 18.7. The molecule has 166 valence electrons. The first-order valence-electron chi connectivity index (χ1n) is 10.9. The van der Waals surface area contributed by atoms with E-state index in [-0.39, 0.29) is 5.92 Å². The number of nitrogens with zero attached hydrogens (tertiary/aromatic N) is 7. The average Bonchev–Trinajstić information content (AvgIpc) is 3.14. The summed E-state index contributed by atoms with van der Waals surface area (Å²) in [5.41, 5.74) is 2.71. The molecule has 4 heterocycles. The molecule has 0 radical (unpaired) electrons. The third kappa shape index (κ3) is 4.75. The smallest absolute Gasteiger partial charge is 0.228 e. The molecule has 31 heavy (non-hydrogen) atoms. The predicted octanol–water partition coefficient (Wildman–Crippen LogP) is 2.32. The molecule has 0 aliphatic carbocycles. The second kappa shape index (κ2) is 9.52. The van der Waals surface area contributed by atoms with Gasteiger partial charge in [0.15, 0.2) is 5.82 Å². The lowest BCUT2D eigenvalue weighted by molar-refractivity contribution is 0.137. The molecule has 3 aromatic heterocycles. The maximum absolute atomic E-state index is 5.59. The Balaban J connectivity index is 1.84. The number of nitrogens with one attached hydrogen (secondary N) is 2. The van der Waals surface area contributed by atoms with Gasteiger partial charge in [-0.25, -0.2) is 15.0 Å². The van der Waals surface area contributed by atoms with Crippen molar-refractivity contribution in [1.29, 1.82) is 0 Å². The van der Waals surface area contributed by atoms with E-state index in [1.54, 1.807) is 6.20 Å². The molecule has 2 N–H and O–H groups in total. The number of aromatic nitrogens is 6. The van der Waals surface area contributed by atoms with Gasteiger partial charge in [-0.1, -0.05) is 13.8 Å². The van der Waals surface area contributed by atoms with Crippen LogP contribution >= 0.6 is 0 Å². The van der Waals surface area contributed by atoms with Gasteiger partial charge < -0.3 is 20.3 Å². The number of fused-ring (bicyclic) bond motifs is 1. The van der Waals surface area contributed by atoms with Crippen molar-refractivity contribution in [2.75, 3.05) is 43.1 Å². The Morgan fingerprint density at radius 3 is 2.90 bits per heavy atom. The van der Waals surface area contributed by atoms with Crippen molar-refractivity contribution in [3.63, 3.8) is 0 Å². The van der Waals surface area contributed by atoms with Crippen molar-refractivity contribution >= 4 is 28.6 Å². The minimum Gasteiger partial charge on any atom is -0.380 e. The van der Waals surface area contributed by atoms with Gasteiger partial charge >= 0.3 is 0 Å². The first kappa shape index (κ1) is 21.4. The molecule has 10 heteroatoms. The summed E-state index contributed by atoms with van der Waals surface area (Å²) in [7, 11) is 0. The highest BCUT2D eigenvalue weighted by molar-refractivity contribution is 5.90. The minimum absolute atomic E-state index is 0.229. The van der Waals surface area contributed by atoms with E-state index in [2.05, 4.69) is 46.3 Å². The van der Waals surface area contributed by atoms with Crippen LogP contribution < -0.4 is 15.5 Å². The Morgan fingerprint density at radius 1 is 1.32 bits per heavy atom. The first-order chi connectivity index (χ1) is 15.1. The largest absolute Gasteiger partial charge is 0.380 e. The molecule has 0 spiro atoms. The third-order valence-electron chi connectivity index (χ3n) is 5.28. The van der Waals surface area contributed by atoms with Crippen molar-refractivity contribution in [1.82, 2.24) is 35.0 Å². The summed E-state index contributed by atoms with van der Waals surface area (Å²) >= 11 is 0. The lowest BCUT2D eigenvalue weighted by Gasteiger charge is -2.32. The molecule has 1 saturated heterocycles. The maximum atomic E-state index is 5.59. The number of anilines is 3. The van der Waals surface area contributed by atoms with E-state index >= 15 is 0 Å². The highest BCUT2D eigenvalue weighted by Gasteiger charge is 2.24. The van der Waals surface area contributed by atoms with Crippen LogP contribution in [0.3, 0.4) is 0 Å². The number of hydrogen-bond donors (Lipinski definition) is 2. The zero-order valence-corrected chi connectivity index (χ0v) is 18.7. The number of hydrogen-bond acceptors (Lipinski definition) is 9. The van der Waals surface area contributed by atoms with Gasteiger partial charge in [0.05, 0.1) is 18.8 Å². The average molecular weight is 426 g/mol. The van der Waals surface area contributed by atoms with Gasteiger partial charge in [-0.2, -0.15) is 10.1 Å². The van der Waals surface area contributed by atoms with Crippen molar-refractivity contribution in [3.8, 4) is 0 Å². The van der Waals surface area contributed by atoms with E-state index in [9.17, 15) is 0 Å². The van der Waals surface area contributed by atoms with Gasteiger partial charge in [0.25, 0.3) is 0 Å². The molecule has 1 atom stereocenters. The van der Waals surface area contributed by atoms with Gasteiger partial charge in [-0.3, -0.25) is 4.68 Å². The fourth-order valence-electron chi connectivity index (χ4n) is 3.77. The highest BCUT2D eigenvalue weighted by atomic mass is 16.5. The topological polar surface area (TPSA) is 106 Å². The lowest BCUT2D eigenvalue weighted by Crippen LogP contribution is -2.49. The Bertz CT molecular complexity index is 1010. The van der Waals surface area contributed by atoms with Gasteiger partial charge in [-0.05, 0) is 25.8 Å². The van der Waals surface area contributed by atoms with Crippen molar-refractivity contribution in [3.05, 3.63) is 24.3 Å². The van der Waals surface area contributed by atoms with Gasteiger partial charge in [-0.15, -0.1) is 0 Å². The number of ether oxygens (including phenoxy) is 1. The standard InChI is InChI=1S/C21H31N9O/c1-5-31-11-10-30-19-18(17(28-30)14(2)3)26-21(29-9-8-23-15(4)12-29)27-20(19)25-16-6-7-22-13-24-16/h6-7,13-15,23H,5,8-12H2,1-4H3,(H,22,24,25,26,27)/t15-/m1/s1. The molecule has 1 aliphatic heterocycles. The molecular weight excluding hydrogens is 394 g/mol. The van der Waals surface area contributed by atoms with Crippen molar-refractivity contribution in [2.45, 2.75) is 46.2 Å². The normalized spacial score (nSPS) is 16.9.